The van der Waals surface area contributed by atoms with Gasteiger partial charge >= 0.3 is 5.97 Å². The number of carboxylic acids is 1. The Morgan fingerprint density at radius 1 is 1.53 bits per heavy atom. The molecule has 1 aromatic carbocycles. The standard InChI is InChI=1S/C13H19NO3/c1-3-5-12(13(15)16)17-11-7-4-6-10(8-11)9(2)14/h4,6-9,12H,3,5,14H2,1-2H3,(H,15,16)/t9-,12?/m1/s1. The summed E-state index contributed by atoms with van der Waals surface area (Å²) in [4.78, 5) is 11.0. The highest BCUT2D eigenvalue weighted by Crippen LogP contribution is 2.19. The van der Waals surface area contributed by atoms with Crippen molar-refractivity contribution in [2.45, 2.75) is 38.8 Å². The Bertz CT molecular complexity index is 377. The Kier molecular flexibility index (Phi) is 4.97. The fourth-order valence-corrected chi connectivity index (χ4v) is 1.53. The van der Waals surface area contributed by atoms with Crippen molar-refractivity contribution in [2.24, 2.45) is 5.73 Å². The van der Waals surface area contributed by atoms with Crippen molar-refractivity contribution in [3.63, 3.8) is 0 Å². The molecule has 4 heteroatoms. The molecule has 0 saturated carbocycles. The molecule has 0 bridgehead atoms. The van der Waals surface area contributed by atoms with Gasteiger partial charge in [-0.25, -0.2) is 4.79 Å². The van der Waals surface area contributed by atoms with Crippen LogP contribution in [-0.4, -0.2) is 17.2 Å². The van der Waals surface area contributed by atoms with Crippen LogP contribution in [0.1, 0.15) is 38.3 Å². The predicted octanol–water partition coefficient (Wildman–Crippen LogP) is 2.34. The van der Waals surface area contributed by atoms with Crippen molar-refractivity contribution in [2.75, 3.05) is 0 Å². The first-order chi connectivity index (χ1) is 8.04. The molecule has 0 radical (unpaired) electrons. The molecule has 0 aliphatic rings. The third-order valence-electron chi connectivity index (χ3n) is 2.49. The lowest BCUT2D eigenvalue weighted by atomic mass is 10.1. The summed E-state index contributed by atoms with van der Waals surface area (Å²) in [6, 6.07) is 7.16. The Balaban J connectivity index is 2.78. The number of benzene rings is 1. The van der Waals surface area contributed by atoms with E-state index in [9.17, 15) is 4.79 Å². The lowest BCUT2D eigenvalue weighted by Crippen LogP contribution is -2.26. The predicted molar refractivity (Wildman–Crippen MR) is 66.0 cm³/mol. The van der Waals surface area contributed by atoms with E-state index in [1.807, 2.05) is 26.0 Å². The summed E-state index contributed by atoms with van der Waals surface area (Å²) >= 11 is 0. The van der Waals surface area contributed by atoms with Crippen LogP contribution in [-0.2, 0) is 4.79 Å². The fraction of sp³-hybridized carbons (Fsp3) is 0.462. The zero-order chi connectivity index (χ0) is 12.8. The largest absolute Gasteiger partial charge is 0.479 e. The van der Waals surface area contributed by atoms with Gasteiger partial charge in [-0.15, -0.1) is 0 Å². The number of hydrogen-bond acceptors (Lipinski definition) is 3. The molecule has 4 nitrogen and oxygen atoms in total. The molecule has 0 fully saturated rings. The lowest BCUT2D eigenvalue weighted by molar-refractivity contribution is -0.145. The third-order valence-corrected chi connectivity index (χ3v) is 2.49. The number of aliphatic carboxylic acids is 1. The summed E-state index contributed by atoms with van der Waals surface area (Å²) < 4.78 is 5.45. The van der Waals surface area contributed by atoms with Crippen LogP contribution in [0, 0.1) is 0 Å². The Labute approximate surface area is 101 Å². The second-order valence-corrected chi connectivity index (χ2v) is 4.09. The first-order valence-electron chi connectivity index (χ1n) is 5.79. The maximum atomic E-state index is 11.0. The second-order valence-electron chi connectivity index (χ2n) is 4.09. The van der Waals surface area contributed by atoms with Crippen molar-refractivity contribution >= 4 is 5.97 Å². The molecule has 1 unspecified atom stereocenters. The van der Waals surface area contributed by atoms with Crippen molar-refractivity contribution in [3.8, 4) is 5.75 Å². The summed E-state index contributed by atoms with van der Waals surface area (Å²) in [5, 5.41) is 8.99. The highest BCUT2D eigenvalue weighted by Gasteiger charge is 2.18. The molecule has 2 atom stereocenters. The number of nitrogens with two attached hydrogens (primary N) is 1. The highest BCUT2D eigenvalue weighted by atomic mass is 16.5. The molecule has 0 aromatic heterocycles. The summed E-state index contributed by atoms with van der Waals surface area (Å²) in [6.45, 7) is 3.80. The first-order valence-corrected chi connectivity index (χ1v) is 5.79. The molecule has 0 amide bonds. The number of ether oxygens (including phenoxy) is 1. The highest BCUT2D eigenvalue weighted by molar-refractivity contribution is 5.72. The number of carbonyl (C=O) groups is 1. The summed E-state index contributed by atoms with van der Waals surface area (Å²) in [6.07, 6.45) is 0.477. The summed E-state index contributed by atoms with van der Waals surface area (Å²) in [7, 11) is 0. The van der Waals surface area contributed by atoms with E-state index >= 15 is 0 Å². The van der Waals surface area contributed by atoms with Crippen LogP contribution < -0.4 is 10.5 Å². The first kappa shape index (κ1) is 13.5. The molecule has 0 aliphatic carbocycles. The van der Waals surface area contributed by atoms with E-state index in [4.69, 9.17) is 15.6 Å². The van der Waals surface area contributed by atoms with Gasteiger partial charge in [0.15, 0.2) is 6.10 Å². The van der Waals surface area contributed by atoms with Crippen LogP contribution in [0.3, 0.4) is 0 Å². The van der Waals surface area contributed by atoms with Gasteiger partial charge in [-0.05, 0) is 31.0 Å². The van der Waals surface area contributed by atoms with Gasteiger partial charge in [0.25, 0.3) is 0 Å². The molecule has 0 aliphatic heterocycles. The molecule has 3 N–H and O–H groups in total. The van der Waals surface area contributed by atoms with Crippen LogP contribution >= 0.6 is 0 Å². The minimum atomic E-state index is -0.932. The average molecular weight is 237 g/mol. The minimum Gasteiger partial charge on any atom is -0.479 e. The SMILES string of the molecule is CCCC(Oc1cccc([C@@H](C)N)c1)C(=O)O. The second kappa shape index (κ2) is 6.25. The van der Waals surface area contributed by atoms with Gasteiger partial charge in [0.2, 0.25) is 0 Å². The molecule has 94 valence electrons. The van der Waals surface area contributed by atoms with Gasteiger partial charge in [0.05, 0.1) is 0 Å². The van der Waals surface area contributed by atoms with E-state index in [1.54, 1.807) is 12.1 Å². The average Bonchev–Trinajstić information content (AvgIpc) is 2.28. The zero-order valence-electron chi connectivity index (χ0n) is 10.2. The Morgan fingerprint density at radius 3 is 2.76 bits per heavy atom. The van der Waals surface area contributed by atoms with E-state index in [1.165, 1.54) is 0 Å². The molecular formula is C13H19NO3. The van der Waals surface area contributed by atoms with Crippen molar-refractivity contribution < 1.29 is 14.6 Å². The molecular weight excluding hydrogens is 218 g/mol. The van der Waals surface area contributed by atoms with Crippen LogP contribution in [0.2, 0.25) is 0 Å². The lowest BCUT2D eigenvalue weighted by Gasteiger charge is -2.15. The van der Waals surface area contributed by atoms with Gasteiger partial charge in [-0.1, -0.05) is 25.5 Å². The molecule has 1 rings (SSSR count). The number of rotatable bonds is 6. The van der Waals surface area contributed by atoms with E-state index in [2.05, 4.69) is 0 Å². The van der Waals surface area contributed by atoms with E-state index in [0.29, 0.717) is 12.2 Å². The summed E-state index contributed by atoms with van der Waals surface area (Å²) in [5.41, 5.74) is 6.69. The Morgan fingerprint density at radius 2 is 2.24 bits per heavy atom. The molecule has 17 heavy (non-hydrogen) atoms. The van der Waals surface area contributed by atoms with Gasteiger partial charge in [-0.3, -0.25) is 0 Å². The van der Waals surface area contributed by atoms with Crippen molar-refractivity contribution in [1.29, 1.82) is 0 Å². The summed E-state index contributed by atoms with van der Waals surface area (Å²) in [5.74, 6) is -0.376. The third kappa shape index (κ3) is 4.07. The molecule has 0 spiro atoms. The van der Waals surface area contributed by atoms with Crippen molar-refractivity contribution in [3.05, 3.63) is 29.8 Å². The van der Waals surface area contributed by atoms with Gasteiger partial charge in [-0.2, -0.15) is 0 Å². The van der Waals surface area contributed by atoms with Crippen LogP contribution in [0.4, 0.5) is 0 Å². The van der Waals surface area contributed by atoms with E-state index in [0.717, 1.165) is 12.0 Å². The topological polar surface area (TPSA) is 72.5 Å². The monoisotopic (exact) mass is 237 g/mol. The van der Waals surface area contributed by atoms with E-state index in [-0.39, 0.29) is 6.04 Å². The maximum absolute atomic E-state index is 11.0. The molecule has 0 saturated heterocycles. The van der Waals surface area contributed by atoms with Crippen LogP contribution in [0.5, 0.6) is 5.75 Å². The van der Waals surface area contributed by atoms with E-state index < -0.39 is 12.1 Å². The van der Waals surface area contributed by atoms with Crippen molar-refractivity contribution in [1.82, 2.24) is 0 Å². The zero-order valence-corrected chi connectivity index (χ0v) is 10.2. The smallest absolute Gasteiger partial charge is 0.344 e. The number of hydrogen-bond donors (Lipinski definition) is 2. The number of carboxylic acid groups (broad SMARTS) is 1. The Hall–Kier alpha value is -1.55. The van der Waals surface area contributed by atoms with Crippen LogP contribution in [0.15, 0.2) is 24.3 Å². The van der Waals surface area contributed by atoms with Gasteiger partial charge in [0, 0.05) is 6.04 Å². The minimum absolute atomic E-state index is 0.0898. The quantitative estimate of drug-likeness (QED) is 0.796. The fourth-order valence-electron chi connectivity index (χ4n) is 1.53. The van der Waals surface area contributed by atoms with Gasteiger partial charge < -0.3 is 15.6 Å². The molecule has 1 aromatic rings. The van der Waals surface area contributed by atoms with Crippen LogP contribution in [0.25, 0.3) is 0 Å². The van der Waals surface area contributed by atoms with Gasteiger partial charge in [0.1, 0.15) is 5.75 Å². The normalized spacial score (nSPS) is 14.1. The maximum Gasteiger partial charge on any atom is 0.344 e. The molecule has 0 heterocycles.